The van der Waals surface area contributed by atoms with Crippen molar-refractivity contribution in [2.24, 2.45) is 28.6 Å². The van der Waals surface area contributed by atoms with Gasteiger partial charge in [0.05, 0.1) is 6.42 Å². The van der Waals surface area contributed by atoms with Gasteiger partial charge in [-0.25, -0.2) is 4.79 Å². The van der Waals surface area contributed by atoms with Gasteiger partial charge in [-0.2, -0.15) is 0 Å². The van der Waals surface area contributed by atoms with Crippen LogP contribution in [0.15, 0.2) is 11.6 Å². The molecule has 4 aliphatic rings. The van der Waals surface area contributed by atoms with Crippen LogP contribution in [0, 0.1) is 28.6 Å². The number of ether oxygens (including phenoxy) is 1. The van der Waals surface area contributed by atoms with Crippen molar-refractivity contribution in [3.63, 3.8) is 0 Å². The molecule has 8 atom stereocenters. The van der Waals surface area contributed by atoms with Crippen LogP contribution in [0.5, 0.6) is 0 Å². The van der Waals surface area contributed by atoms with Gasteiger partial charge in [0, 0.05) is 18.3 Å². The molecule has 0 aromatic heterocycles. The van der Waals surface area contributed by atoms with E-state index in [1.165, 1.54) is 12.5 Å². The topological polar surface area (TPSA) is 139 Å². The average molecular weight is 559 g/mol. The van der Waals surface area contributed by atoms with E-state index in [9.17, 15) is 29.1 Å². The fourth-order valence-corrected chi connectivity index (χ4v) is 8.36. The minimum atomic E-state index is -1.11. The molecule has 0 spiro atoms. The lowest BCUT2D eigenvalue weighted by Gasteiger charge is -2.57. The first-order chi connectivity index (χ1) is 18.9. The lowest BCUT2D eigenvalue weighted by Crippen LogP contribution is -2.51. The summed E-state index contributed by atoms with van der Waals surface area (Å²) in [6, 6.07) is -1.91. The predicted octanol–water partition coefficient (Wildman–Crippen LogP) is 4.08. The zero-order valence-electron chi connectivity index (χ0n) is 24.4. The number of aliphatic carboxylic acids is 1. The Hall–Kier alpha value is -2.71. The van der Waals surface area contributed by atoms with Crippen LogP contribution in [-0.2, 0) is 28.7 Å². The number of rotatable bonds is 10. The highest BCUT2D eigenvalue weighted by molar-refractivity contribution is 5.92. The molecule has 3 fully saturated rings. The highest BCUT2D eigenvalue weighted by atomic mass is 16.5. The van der Waals surface area contributed by atoms with E-state index in [2.05, 4.69) is 24.5 Å². The minimum absolute atomic E-state index is 0.0721. The van der Waals surface area contributed by atoms with Crippen LogP contribution in [0.4, 0.5) is 0 Å². The van der Waals surface area contributed by atoms with Crippen molar-refractivity contribution < 1.29 is 33.8 Å². The van der Waals surface area contributed by atoms with Crippen LogP contribution in [0.25, 0.3) is 0 Å². The van der Waals surface area contributed by atoms with Crippen molar-refractivity contribution in [3.05, 3.63) is 11.6 Å². The molecule has 0 heterocycles. The third kappa shape index (κ3) is 5.98. The quantitative estimate of drug-likeness (QED) is 0.343. The molecular weight excluding hydrogens is 512 g/mol. The number of carboxylic acids is 1. The molecule has 0 saturated heterocycles. The second kappa shape index (κ2) is 12.0. The molecule has 222 valence electrons. The van der Waals surface area contributed by atoms with Crippen LogP contribution < -0.4 is 10.6 Å². The number of fused-ring (bicyclic) bond motifs is 5. The van der Waals surface area contributed by atoms with Gasteiger partial charge in [0.25, 0.3) is 0 Å². The molecule has 9 nitrogen and oxygen atoms in total. The lowest BCUT2D eigenvalue weighted by molar-refractivity contribution is -0.160. The van der Waals surface area contributed by atoms with E-state index in [1.54, 1.807) is 0 Å². The normalized spacial score (nSPS) is 34.3. The summed E-state index contributed by atoms with van der Waals surface area (Å²) in [5, 5.41) is 14.2. The molecule has 0 aromatic rings. The summed E-state index contributed by atoms with van der Waals surface area (Å²) in [6.45, 7) is 7.95. The zero-order chi connectivity index (χ0) is 29.2. The SMILES string of the molecule is CCC[C@@H](NC(=O)[C@@H](C)NC(=O)CCC(=O)O[C@@H]1CC[C@H]2[C@@H]3CCC4=CC(=O)CC[C@]4(C)[C@H]3CC[C@]12C)C(=O)O. The van der Waals surface area contributed by atoms with Gasteiger partial charge < -0.3 is 20.5 Å². The first-order valence-electron chi connectivity index (χ1n) is 15.1. The molecule has 0 aromatic carbocycles. The van der Waals surface area contributed by atoms with E-state index < -0.39 is 35.8 Å². The molecule has 0 bridgehead atoms. The number of nitrogens with one attached hydrogen (secondary N) is 2. The molecule has 4 aliphatic carbocycles. The fourth-order valence-electron chi connectivity index (χ4n) is 8.36. The van der Waals surface area contributed by atoms with Crippen molar-refractivity contribution in [1.82, 2.24) is 10.6 Å². The molecule has 3 saturated carbocycles. The van der Waals surface area contributed by atoms with Crippen molar-refractivity contribution in [2.45, 2.75) is 123 Å². The second-order valence-electron chi connectivity index (χ2n) is 13.0. The highest BCUT2D eigenvalue weighted by Gasteiger charge is 2.60. The van der Waals surface area contributed by atoms with Gasteiger partial charge in [-0.1, -0.05) is 32.8 Å². The van der Waals surface area contributed by atoms with Crippen LogP contribution in [0.1, 0.15) is 105 Å². The van der Waals surface area contributed by atoms with Crippen molar-refractivity contribution >= 4 is 29.5 Å². The van der Waals surface area contributed by atoms with Crippen LogP contribution in [0.3, 0.4) is 0 Å². The summed E-state index contributed by atoms with van der Waals surface area (Å²) in [7, 11) is 0. The monoisotopic (exact) mass is 558 g/mol. The molecular formula is C31H46N2O7. The van der Waals surface area contributed by atoms with Gasteiger partial charge in [-0.3, -0.25) is 19.2 Å². The molecule has 2 amide bonds. The van der Waals surface area contributed by atoms with Gasteiger partial charge in [-0.05, 0) is 87.5 Å². The van der Waals surface area contributed by atoms with E-state index in [0.717, 1.165) is 44.9 Å². The molecule has 40 heavy (non-hydrogen) atoms. The number of allylic oxidation sites excluding steroid dienone is 1. The number of hydrogen-bond acceptors (Lipinski definition) is 6. The molecule has 0 radical (unpaired) electrons. The largest absolute Gasteiger partial charge is 0.480 e. The summed E-state index contributed by atoms with van der Waals surface area (Å²) in [4.78, 5) is 60.9. The number of carboxylic acid groups (broad SMARTS) is 1. The fraction of sp³-hybridized carbons (Fsp3) is 0.774. The first kappa shape index (κ1) is 30.3. The van der Waals surface area contributed by atoms with Gasteiger partial charge in [-0.15, -0.1) is 0 Å². The van der Waals surface area contributed by atoms with E-state index in [1.807, 2.05) is 13.0 Å². The van der Waals surface area contributed by atoms with E-state index in [-0.39, 0.29) is 35.6 Å². The zero-order valence-corrected chi connectivity index (χ0v) is 24.4. The van der Waals surface area contributed by atoms with Crippen molar-refractivity contribution in [1.29, 1.82) is 0 Å². The Kier molecular flexibility index (Phi) is 9.10. The van der Waals surface area contributed by atoms with E-state index in [4.69, 9.17) is 4.74 Å². The number of amides is 2. The Morgan fingerprint density at radius 3 is 2.48 bits per heavy atom. The number of esters is 1. The van der Waals surface area contributed by atoms with E-state index in [0.29, 0.717) is 37.0 Å². The Bertz CT molecular complexity index is 1070. The summed E-state index contributed by atoms with van der Waals surface area (Å²) in [6.07, 6.45) is 10.1. The van der Waals surface area contributed by atoms with Crippen molar-refractivity contribution in [3.8, 4) is 0 Å². The summed E-state index contributed by atoms with van der Waals surface area (Å²) in [5.41, 5.74) is 1.38. The van der Waals surface area contributed by atoms with Crippen LogP contribution in [0.2, 0.25) is 0 Å². The van der Waals surface area contributed by atoms with Gasteiger partial charge in [0.1, 0.15) is 18.2 Å². The van der Waals surface area contributed by atoms with Gasteiger partial charge in [0.15, 0.2) is 5.78 Å². The Labute approximate surface area is 237 Å². The number of ketones is 1. The molecule has 9 heteroatoms. The number of carbonyl (C=O) groups is 5. The van der Waals surface area contributed by atoms with E-state index >= 15 is 0 Å². The third-order valence-corrected chi connectivity index (χ3v) is 10.7. The minimum Gasteiger partial charge on any atom is -0.480 e. The molecule has 4 rings (SSSR count). The molecule has 0 unspecified atom stereocenters. The van der Waals surface area contributed by atoms with Gasteiger partial charge >= 0.3 is 11.9 Å². The Morgan fingerprint density at radius 1 is 1.02 bits per heavy atom. The smallest absolute Gasteiger partial charge is 0.326 e. The van der Waals surface area contributed by atoms with Crippen LogP contribution >= 0.6 is 0 Å². The third-order valence-electron chi connectivity index (χ3n) is 10.7. The predicted molar refractivity (Wildman–Crippen MR) is 148 cm³/mol. The second-order valence-corrected chi connectivity index (χ2v) is 13.0. The lowest BCUT2D eigenvalue weighted by atomic mass is 9.47. The summed E-state index contributed by atoms with van der Waals surface area (Å²) >= 11 is 0. The standard InChI is InChI=1S/C31H46N2O7/c1-5-6-24(29(38)39)33-28(37)18(2)32-26(35)11-12-27(36)40-25-10-9-22-21-8-7-19-17-20(34)13-15-30(19,3)23(21)14-16-31(22,25)4/h17-18,21-25H,5-16H2,1-4H3,(H,32,35)(H,33,37)(H,38,39)/t18-,21+,22+,23+,24-,25-,30+,31+/m1/s1. The average Bonchev–Trinajstić information content (AvgIpc) is 3.23. The molecule has 3 N–H and O–H groups in total. The van der Waals surface area contributed by atoms with Crippen molar-refractivity contribution in [2.75, 3.05) is 0 Å². The maximum Gasteiger partial charge on any atom is 0.326 e. The Balaban J connectivity index is 1.27. The first-order valence-corrected chi connectivity index (χ1v) is 15.1. The summed E-state index contributed by atoms with van der Waals surface area (Å²) in [5.74, 6) is -0.633. The Morgan fingerprint density at radius 2 is 1.77 bits per heavy atom. The maximum atomic E-state index is 12.8. The maximum absolute atomic E-state index is 12.8. The molecule has 0 aliphatic heterocycles. The van der Waals surface area contributed by atoms with Gasteiger partial charge in [0.2, 0.25) is 11.8 Å². The highest BCUT2D eigenvalue weighted by Crippen LogP contribution is 2.65. The van der Waals surface area contributed by atoms with Crippen LogP contribution in [-0.4, -0.2) is 52.8 Å². The number of carbonyl (C=O) groups excluding carboxylic acids is 4. The summed E-state index contributed by atoms with van der Waals surface area (Å²) < 4.78 is 6.00. The number of hydrogen-bond donors (Lipinski definition) is 3.